The highest BCUT2D eigenvalue weighted by Crippen LogP contribution is 2.33. The summed E-state index contributed by atoms with van der Waals surface area (Å²) in [5.41, 5.74) is 1.69. The van der Waals surface area contributed by atoms with Crippen LogP contribution >= 0.6 is 23.5 Å². The van der Waals surface area contributed by atoms with Crippen molar-refractivity contribution in [3.8, 4) is 11.3 Å². The lowest BCUT2D eigenvalue weighted by Gasteiger charge is -2.11. The van der Waals surface area contributed by atoms with E-state index >= 15 is 0 Å². The summed E-state index contributed by atoms with van der Waals surface area (Å²) >= 11 is 1.59. The molecule has 1 amide bonds. The van der Waals surface area contributed by atoms with Crippen LogP contribution in [0.1, 0.15) is 0 Å². The fourth-order valence-electron chi connectivity index (χ4n) is 3.10. The minimum atomic E-state index is -2.58. The zero-order valence-corrected chi connectivity index (χ0v) is 18.1. The molecule has 0 bridgehead atoms. The molecule has 1 heterocycles. The molecular formula is C23H16F3N3OS2. The molecule has 0 saturated heterocycles. The lowest BCUT2D eigenvalue weighted by molar-refractivity contribution is -0.113. The Hall–Kier alpha value is -3.04. The number of amides is 1. The van der Waals surface area contributed by atoms with Gasteiger partial charge >= 0.3 is 0 Å². The zero-order valence-electron chi connectivity index (χ0n) is 16.5. The zero-order chi connectivity index (χ0) is 22.5. The molecular weight excluding hydrogens is 455 g/mol. The number of halogens is 3. The highest BCUT2D eigenvalue weighted by Gasteiger charge is 2.15. The number of hydrogen-bond donors (Lipinski definition) is 1. The van der Waals surface area contributed by atoms with E-state index in [4.69, 9.17) is 0 Å². The van der Waals surface area contributed by atoms with E-state index < -0.39 is 5.76 Å². The average Bonchev–Trinajstić information content (AvgIpc) is 2.79. The lowest BCUT2D eigenvalue weighted by atomic mass is 10.1. The molecule has 0 aliphatic carbocycles. The van der Waals surface area contributed by atoms with E-state index in [1.807, 2.05) is 24.3 Å². The molecule has 3 aromatic carbocycles. The Kier molecular flexibility index (Phi) is 6.96. The maximum atomic E-state index is 13.3. The van der Waals surface area contributed by atoms with Gasteiger partial charge in [0, 0.05) is 21.2 Å². The monoisotopic (exact) mass is 471 g/mol. The van der Waals surface area contributed by atoms with Gasteiger partial charge in [0.1, 0.15) is 16.5 Å². The van der Waals surface area contributed by atoms with Crippen LogP contribution in [0, 0.1) is 5.82 Å². The second-order valence-corrected chi connectivity index (χ2v) is 8.61. The van der Waals surface area contributed by atoms with E-state index in [1.54, 1.807) is 30.3 Å². The first-order valence-corrected chi connectivity index (χ1v) is 11.4. The summed E-state index contributed by atoms with van der Waals surface area (Å²) in [6.07, 6.45) is 0. The number of carbonyl (C=O) groups is 1. The number of para-hydroxylation sites is 1. The van der Waals surface area contributed by atoms with Crippen molar-refractivity contribution in [1.29, 1.82) is 0 Å². The van der Waals surface area contributed by atoms with Gasteiger partial charge in [-0.1, -0.05) is 59.9 Å². The fourth-order valence-corrected chi connectivity index (χ4v) is 4.46. The molecule has 0 fully saturated rings. The standard InChI is InChI=1S/C23H16F3N3OS2/c24-15-11-9-14(10-12-15)21-16-5-1-2-6-17(16)22(29-28-21)31-13-20(30)27-18-7-3-4-8-19(18)32-23(25)26/h1-12,23H,13H2,(H,27,30). The van der Waals surface area contributed by atoms with Crippen LogP contribution < -0.4 is 5.32 Å². The van der Waals surface area contributed by atoms with Crippen molar-refractivity contribution < 1.29 is 18.0 Å². The number of anilines is 1. The van der Waals surface area contributed by atoms with Gasteiger partial charge in [-0.3, -0.25) is 4.79 Å². The van der Waals surface area contributed by atoms with E-state index in [0.29, 0.717) is 33.1 Å². The van der Waals surface area contributed by atoms with E-state index in [9.17, 15) is 18.0 Å². The van der Waals surface area contributed by atoms with Gasteiger partial charge in [-0.25, -0.2) is 4.39 Å². The molecule has 1 aromatic heterocycles. The molecule has 0 spiro atoms. The minimum absolute atomic E-state index is 0.0300. The van der Waals surface area contributed by atoms with Gasteiger partial charge in [0.25, 0.3) is 5.76 Å². The second-order valence-electron chi connectivity index (χ2n) is 6.62. The summed E-state index contributed by atoms with van der Waals surface area (Å²) in [6.45, 7) is 0. The molecule has 0 atom stereocenters. The van der Waals surface area contributed by atoms with E-state index in [2.05, 4.69) is 15.5 Å². The maximum Gasteiger partial charge on any atom is 0.288 e. The van der Waals surface area contributed by atoms with Gasteiger partial charge in [0.2, 0.25) is 5.91 Å². The Morgan fingerprint density at radius 3 is 2.34 bits per heavy atom. The van der Waals surface area contributed by atoms with Gasteiger partial charge in [-0.2, -0.15) is 8.78 Å². The van der Waals surface area contributed by atoms with E-state index in [0.717, 1.165) is 16.3 Å². The summed E-state index contributed by atoms with van der Waals surface area (Å²) in [5.74, 6) is -3.23. The number of aromatic nitrogens is 2. The maximum absolute atomic E-state index is 13.3. The van der Waals surface area contributed by atoms with Crippen molar-refractivity contribution in [2.75, 3.05) is 11.1 Å². The Balaban J connectivity index is 1.53. The third-order valence-electron chi connectivity index (χ3n) is 4.49. The average molecular weight is 472 g/mol. The normalized spacial score (nSPS) is 11.1. The van der Waals surface area contributed by atoms with Gasteiger partial charge in [-0.05, 0) is 36.4 Å². The molecule has 1 N–H and O–H groups in total. The Morgan fingerprint density at radius 1 is 0.906 bits per heavy atom. The Bertz CT molecular complexity index is 1250. The molecule has 4 rings (SSSR count). The number of thioether (sulfide) groups is 2. The number of nitrogens with zero attached hydrogens (tertiary/aromatic N) is 2. The first-order chi connectivity index (χ1) is 15.5. The van der Waals surface area contributed by atoms with Crippen molar-refractivity contribution >= 4 is 45.9 Å². The molecule has 0 unspecified atom stereocenters. The number of alkyl halides is 2. The van der Waals surface area contributed by atoms with E-state index in [-0.39, 0.29) is 17.5 Å². The predicted octanol–water partition coefficient (Wildman–Crippen LogP) is 6.48. The molecule has 4 nitrogen and oxygen atoms in total. The smallest absolute Gasteiger partial charge is 0.288 e. The SMILES string of the molecule is O=C(CSc1nnc(-c2ccc(F)cc2)c2ccccc12)Nc1ccccc1SC(F)F. The quantitative estimate of drug-likeness (QED) is 0.313. The van der Waals surface area contributed by atoms with Crippen LogP contribution in [0.25, 0.3) is 22.0 Å². The third kappa shape index (κ3) is 5.23. The summed E-state index contributed by atoms with van der Waals surface area (Å²) in [7, 11) is 0. The molecule has 0 aliphatic heterocycles. The second kappa shape index (κ2) is 10.1. The lowest BCUT2D eigenvalue weighted by Crippen LogP contribution is -2.15. The molecule has 162 valence electrons. The Morgan fingerprint density at radius 2 is 1.59 bits per heavy atom. The van der Waals surface area contributed by atoms with Crippen LogP contribution in [0.2, 0.25) is 0 Å². The van der Waals surface area contributed by atoms with Crippen LogP contribution in [0.5, 0.6) is 0 Å². The minimum Gasteiger partial charge on any atom is -0.324 e. The number of carbonyl (C=O) groups excluding carboxylic acids is 1. The van der Waals surface area contributed by atoms with Gasteiger partial charge < -0.3 is 5.32 Å². The molecule has 0 aliphatic rings. The summed E-state index contributed by atoms with van der Waals surface area (Å²) < 4.78 is 38.8. The third-order valence-corrected chi connectivity index (χ3v) is 6.26. The number of fused-ring (bicyclic) bond motifs is 1. The first kappa shape index (κ1) is 22.2. The Labute approximate surface area is 190 Å². The van der Waals surface area contributed by atoms with Gasteiger partial charge in [0.15, 0.2) is 0 Å². The van der Waals surface area contributed by atoms with Crippen LogP contribution in [-0.2, 0) is 4.79 Å². The van der Waals surface area contributed by atoms with E-state index in [1.165, 1.54) is 30.0 Å². The first-order valence-electron chi connectivity index (χ1n) is 9.49. The summed E-state index contributed by atoms with van der Waals surface area (Å²) in [4.78, 5) is 12.8. The topological polar surface area (TPSA) is 54.9 Å². The summed E-state index contributed by atoms with van der Waals surface area (Å²) in [5, 5.41) is 13.5. The molecule has 0 saturated carbocycles. The van der Waals surface area contributed by atoms with Crippen LogP contribution in [0.3, 0.4) is 0 Å². The molecule has 32 heavy (non-hydrogen) atoms. The highest BCUT2D eigenvalue weighted by atomic mass is 32.2. The number of nitrogens with one attached hydrogen (secondary N) is 1. The largest absolute Gasteiger partial charge is 0.324 e. The van der Waals surface area contributed by atoms with Crippen LogP contribution in [0.15, 0.2) is 82.7 Å². The van der Waals surface area contributed by atoms with Crippen molar-refractivity contribution in [3.63, 3.8) is 0 Å². The fraction of sp³-hybridized carbons (Fsp3) is 0.0870. The number of hydrogen-bond acceptors (Lipinski definition) is 5. The molecule has 9 heteroatoms. The van der Waals surface area contributed by atoms with Crippen molar-refractivity contribution in [2.45, 2.75) is 15.7 Å². The summed E-state index contributed by atoms with van der Waals surface area (Å²) in [6, 6.07) is 19.9. The number of rotatable bonds is 7. The highest BCUT2D eigenvalue weighted by molar-refractivity contribution is 8.00. The van der Waals surface area contributed by atoms with Gasteiger partial charge in [-0.15, -0.1) is 10.2 Å². The number of benzene rings is 3. The van der Waals surface area contributed by atoms with Crippen LogP contribution in [0.4, 0.5) is 18.9 Å². The van der Waals surface area contributed by atoms with Crippen molar-refractivity contribution in [3.05, 3.63) is 78.6 Å². The van der Waals surface area contributed by atoms with Crippen molar-refractivity contribution in [1.82, 2.24) is 10.2 Å². The van der Waals surface area contributed by atoms with Crippen LogP contribution in [-0.4, -0.2) is 27.6 Å². The predicted molar refractivity (Wildman–Crippen MR) is 123 cm³/mol. The van der Waals surface area contributed by atoms with Crippen molar-refractivity contribution in [2.24, 2.45) is 0 Å². The molecule has 4 aromatic rings. The molecule has 0 radical (unpaired) electrons. The van der Waals surface area contributed by atoms with Gasteiger partial charge in [0.05, 0.1) is 11.4 Å².